The van der Waals surface area contributed by atoms with Crippen molar-refractivity contribution in [1.82, 2.24) is 9.80 Å². The average molecular weight is 515 g/mol. The largest absolute Gasteiger partial charge is 0.507 e. The molecule has 2 aliphatic heterocycles. The van der Waals surface area contributed by atoms with Crippen molar-refractivity contribution in [3.05, 3.63) is 64.2 Å². The van der Waals surface area contributed by atoms with Gasteiger partial charge in [-0.3, -0.25) is 14.5 Å². The number of carbonyl (C=O) groups excluding carboxylic acids is 2. The van der Waals surface area contributed by atoms with Crippen LogP contribution in [0.1, 0.15) is 30.5 Å². The van der Waals surface area contributed by atoms with Crippen molar-refractivity contribution in [1.29, 1.82) is 0 Å². The topological polar surface area (TPSA) is 88.5 Å². The van der Waals surface area contributed by atoms with Gasteiger partial charge >= 0.3 is 0 Å². The van der Waals surface area contributed by atoms with Gasteiger partial charge in [-0.2, -0.15) is 0 Å². The Kier molecular flexibility index (Phi) is 8.51. The zero-order valence-electron chi connectivity index (χ0n) is 20.5. The Balaban J connectivity index is 1.68. The third-order valence-electron chi connectivity index (χ3n) is 6.45. The summed E-state index contributed by atoms with van der Waals surface area (Å²) in [5.74, 6) is -0.485. The predicted molar refractivity (Wildman–Crippen MR) is 137 cm³/mol. The van der Waals surface area contributed by atoms with Crippen LogP contribution in [0.25, 0.3) is 5.76 Å². The summed E-state index contributed by atoms with van der Waals surface area (Å²) in [6.07, 6.45) is 0.689. The highest BCUT2D eigenvalue weighted by atomic mass is 35.5. The first-order valence-corrected chi connectivity index (χ1v) is 12.5. The first kappa shape index (κ1) is 26.0. The molecule has 1 N–H and O–H groups in total. The van der Waals surface area contributed by atoms with Gasteiger partial charge in [0, 0.05) is 31.7 Å². The third-order valence-corrected chi connectivity index (χ3v) is 6.74. The lowest BCUT2D eigenvalue weighted by molar-refractivity contribution is -0.140. The number of morpholine rings is 1. The molecule has 4 rings (SSSR count). The van der Waals surface area contributed by atoms with Gasteiger partial charge in [-0.25, -0.2) is 0 Å². The van der Waals surface area contributed by atoms with E-state index in [0.29, 0.717) is 60.4 Å². The molecule has 0 aromatic heterocycles. The summed E-state index contributed by atoms with van der Waals surface area (Å²) in [6, 6.07) is 11.3. The molecule has 2 aromatic rings. The summed E-state index contributed by atoms with van der Waals surface area (Å²) in [4.78, 5) is 30.3. The van der Waals surface area contributed by atoms with Crippen LogP contribution in [-0.4, -0.2) is 79.7 Å². The van der Waals surface area contributed by atoms with Gasteiger partial charge in [-0.1, -0.05) is 23.7 Å². The van der Waals surface area contributed by atoms with Crippen LogP contribution in [0.4, 0.5) is 0 Å². The van der Waals surface area contributed by atoms with E-state index < -0.39 is 17.7 Å². The van der Waals surface area contributed by atoms with Crippen molar-refractivity contribution in [3.8, 4) is 11.5 Å². The van der Waals surface area contributed by atoms with Crippen LogP contribution in [-0.2, 0) is 14.3 Å². The van der Waals surface area contributed by atoms with E-state index in [1.807, 2.05) is 19.1 Å². The van der Waals surface area contributed by atoms with Gasteiger partial charge in [-0.15, -0.1) is 0 Å². The molecule has 0 bridgehead atoms. The van der Waals surface area contributed by atoms with Gasteiger partial charge in [0.1, 0.15) is 17.3 Å². The molecule has 2 saturated heterocycles. The molecule has 9 heteroatoms. The number of hydrogen-bond donors (Lipinski definition) is 1. The fraction of sp³-hybridized carbons (Fsp3) is 0.407. The molecule has 192 valence electrons. The number of Topliss-reactive ketones (excluding diaryl/α,β-unsaturated/α-hetero) is 1. The quantitative estimate of drug-likeness (QED) is 0.308. The number of likely N-dealkylation sites (tertiary alicyclic amines) is 1. The monoisotopic (exact) mass is 514 g/mol. The highest BCUT2D eigenvalue weighted by Crippen LogP contribution is 2.40. The highest BCUT2D eigenvalue weighted by molar-refractivity contribution is 6.46. The average Bonchev–Trinajstić information content (AvgIpc) is 3.14. The van der Waals surface area contributed by atoms with E-state index in [1.54, 1.807) is 29.2 Å². The number of carbonyl (C=O) groups is 2. The van der Waals surface area contributed by atoms with Crippen LogP contribution >= 0.6 is 11.6 Å². The first-order valence-electron chi connectivity index (χ1n) is 12.1. The summed E-state index contributed by atoms with van der Waals surface area (Å²) in [5.41, 5.74) is 1.09. The Morgan fingerprint density at radius 2 is 1.83 bits per heavy atom. The molecule has 2 aliphatic rings. The molecule has 8 nitrogen and oxygen atoms in total. The summed E-state index contributed by atoms with van der Waals surface area (Å²) in [7, 11) is 1.50. The number of halogens is 1. The Labute approximate surface area is 216 Å². The molecule has 2 heterocycles. The fourth-order valence-corrected chi connectivity index (χ4v) is 4.89. The molecule has 1 atom stereocenters. The lowest BCUT2D eigenvalue weighted by atomic mass is 9.95. The van der Waals surface area contributed by atoms with E-state index in [-0.39, 0.29) is 11.3 Å². The smallest absolute Gasteiger partial charge is 0.295 e. The number of rotatable bonds is 9. The van der Waals surface area contributed by atoms with E-state index in [1.165, 1.54) is 13.2 Å². The molecular formula is C27H31ClN2O6. The molecule has 1 amide bonds. The molecule has 0 aliphatic carbocycles. The predicted octanol–water partition coefficient (Wildman–Crippen LogP) is 3.89. The molecule has 2 fully saturated rings. The van der Waals surface area contributed by atoms with E-state index in [2.05, 4.69) is 4.90 Å². The van der Waals surface area contributed by atoms with E-state index >= 15 is 0 Å². The number of methoxy groups -OCH3 is 1. The molecule has 36 heavy (non-hydrogen) atoms. The van der Waals surface area contributed by atoms with Crippen molar-refractivity contribution in [2.45, 2.75) is 19.4 Å². The maximum Gasteiger partial charge on any atom is 0.295 e. The first-order chi connectivity index (χ1) is 17.4. The Bertz CT molecular complexity index is 1130. The molecule has 0 radical (unpaired) electrons. The van der Waals surface area contributed by atoms with E-state index in [0.717, 1.165) is 19.6 Å². The lowest BCUT2D eigenvalue weighted by Crippen LogP contribution is -2.38. The minimum absolute atomic E-state index is 0.0387. The normalized spacial score (nSPS) is 20.1. The second-order valence-corrected chi connectivity index (χ2v) is 9.06. The van der Waals surface area contributed by atoms with Gasteiger partial charge in [0.2, 0.25) is 0 Å². The maximum atomic E-state index is 13.2. The number of ether oxygens (including phenoxy) is 3. The lowest BCUT2D eigenvalue weighted by Gasteiger charge is -2.29. The van der Waals surface area contributed by atoms with Gasteiger partial charge in [0.25, 0.3) is 11.7 Å². The Hall–Kier alpha value is -3.07. The number of nitrogens with zero attached hydrogens (tertiary/aromatic N) is 2. The number of aliphatic hydroxyl groups is 1. The van der Waals surface area contributed by atoms with Gasteiger partial charge in [0.05, 0.1) is 43.6 Å². The number of hydrogen-bond acceptors (Lipinski definition) is 7. The molecular weight excluding hydrogens is 484 g/mol. The second-order valence-electron chi connectivity index (χ2n) is 8.65. The van der Waals surface area contributed by atoms with Crippen LogP contribution < -0.4 is 9.47 Å². The summed E-state index contributed by atoms with van der Waals surface area (Å²) < 4.78 is 16.2. The van der Waals surface area contributed by atoms with Crippen molar-refractivity contribution < 1.29 is 28.9 Å². The summed E-state index contributed by atoms with van der Waals surface area (Å²) in [5, 5.41) is 11.5. The van der Waals surface area contributed by atoms with Crippen molar-refractivity contribution in [2.75, 3.05) is 53.1 Å². The Morgan fingerprint density at radius 1 is 1.11 bits per heavy atom. The van der Waals surface area contributed by atoms with Crippen LogP contribution in [0.2, 0.25) is 5.02 Å². The third kappa shape index (κ3) is 5.51. The zero-order chi connectivity index (χ0) is 25.7. The maximum absolute atomic E-state index is 13.2. The fourth-order valence-electron chi connectivity index (χ4n) is 4.63. The highest BCUT2D eigenvalue weighted by Gasteiger charge is 2.45. The van der Waals surface area contributed by atoms with E-state index in [9.17, 15) is 14.7 Å². The van der Waals surface area contributed by atoms with E-state index in [4.69, 9.17) is 25.8 Å². The van der Waals surface area contributed by atoms with Crippen molar-refractivity contribution in [3.63, 3.8) is 0 Å². The standard InChI is InChI=1S/C27H31ClN2O6/c1-3-36-20-8-5-18(6-9-20)24-23(25(31)19-7-10-22(34-2)21(28)17-19)26(32)27(33)30(24)12-4-11-29-13-15-35-16-14-29/h5-10,17,24,31H,3-4,11-16H2,1-2H3. The van der Waals surface area contributed by atoms with Crippen LogP contribution in [0.3, 0.4) is 0 Å². The van der Waals surface area contributed by atoms with Crippen molar-refractivity contribution >= 4 is 29.1 Å². The van der Waals surface area contributed by atoms with Crippen molar-refractivity contribution in [2.24, 2.45) is 0 Å². The van der Waals surface area contributed by atoms with Crippen LogP contribution in [0.5, 0.6) is 11.5 Å². The number of amides is 1. The number of aliphatic hydroxyl groups excluding tert-OH is 1. The summed E-state index contributed by atoms with van der Waals surface area (Å²) >= 11 is 6.27. The minimum atomic E-state index is -0.730. The van der Waals surface area contributed by atoms with Crippen LogP contribution in [0.15, 0.2) is 48.0 Å². The minimum Gasteiger partial charge on any atom is -0.507 e. The SMILES string of the molecule is CCOc1ccc(C2C(=C(O)c3ccc(OC)c(Cl)c3)C(=O)C(=O)N2CCCN2CCOCC2)cc1. The molecule has 0 saturated carbocycles. The van der Waals surface area contributed by atoms with Gasteiger partial charge in [-0.05, 0) is 49.2 Å². The number of benzene rings is 2. The van der Waals surface area contributed by atoms with Crippen LogP contribution in [0, 0.1) is 0 Å². The van der Waals surface area contributed by atoms with Gasteiger partial charge in [0.15, 0.2) is 0 Å². The molecule has 1 unspecified atom stereocenters. The number of ketones is 1. The Morgan fingerprint density at radius 3 is 2.47 bits per heavy atom. The van der Waals surface area contributed by atoms with Gasteiger partial charge < -0.3 is 24.2 Å². The molecule has 0 spiro atoms. The second kappa shape index (κ2) is 11.8. The molecule has 2 aromatic carbocycles. The zero-order valence-corrected chi connectivity index (χ0v) is 21.3. The summed E-state index contributed by atoms with van der Waals surface area (Å²) in [6.45, 7) is 6.67.